The van der Waals surface area contributed by atoms with Crippen molar-refractivity contribution in [2.24, 2.45) is 16.3 Å². The first-order valence-corrected chi connectivity index (χ1v) is 11.9. The summed E-state index contributed by atoms with van der Waals surface area (Å²) >= 11 is 3.21. The van der Waals surface area contributed by atoms with E-state index in [1.807, 2.05) is 13.0 Å². The largest absolute Gasteiger partial charge is 0.301 e. The summed E-state index contributed by atoms with van der Waals surface area (Å²) in [7, 11) is 0. The number of carbonyl (C=O) groups is 1. The van der Waals surface area contributed by atoms with Crippen LogP contribution in [-0.2, 0) is 4.79 Å². The van der Waals surface area contributed by atoms with Crippen molar-refractivity contribution < 1.29 is 4.79 Å². The first kappa shape index (κ1) is 20.5. The first-order valence-electron chi connectivity index (χ1n) is 10.2. The molecule has 1 saturated carbocycles. The third-order valence-corrected chi connectivity index (χ3v) is 8.02. The van der Waals surface area contributed by atoms with Crippen molar-refractivity contribution in [2.75, 3.05) is 0 Å². The van der Waals surface area contributed by atoms with E-state index in [9.17, 15) is 9.59 Å². The maximum Gasteiger partial charge on any atom is 0.257 e. The fraction of sp³-hybridized carbons (Fsp3) is 0.545. The number of thioether (sulfide) groups is 1. The normalized spacial score (nSPS) is 23.9. The van der Waals surface area contributed by atoms with Gasteiger partial charge in [-0.1, -0.05) is 39.5 Å². The lowest BCUT2D eigenvalue weighted by Crippen LogP contribution is -2.44. The SMILES string of the molecule is CCC(C)Sc1nc2c(c(=O)[nH]1)C(c1ccc(C)s1)C1C(=O)CC(C)(C)CC1=N2. The lowest BCUT2D eigenvalue weighted by molar-refractivity contribution is -0.124. The molecule has 0 aromatic carbocycles. The summed E-state index contributed by atoms with van der Waals surface area (Å²) in [6, 6.07) is 4.10. The molecule has 5 nitrogen and oxygen atoms in total. The molecule has 0 radical (unpaired) electrons. The highest BCUT2D eigenvalue weighted by molar-refractivity contribution is 7.99. The van der Waals surface area contributed by atoms with E-state index in [1.165, 1.54) is 4.88 Å². The van der Waals surface area contributed by atoms with Crippen LogP contribution in [0.1, 0.15) is 68.2 Å². The molecule has 7 heteroatoms. The Hall–Kier alpha value is -1.73. The van der Waals surface area contributed by atoms with Crippen molar-refractivity contribution in [1.82, 2.24) is 9.97 Å². The Bertz CT molecular complexity index is 1050. The predicted molar refractivity (Wildman–Crippen MR) is 120 cm³/mol. The number of carbonyl (C=O) groups excluding carboxylic acids is 1. The maximum atomic E-state index is 13.2. The Morgan fingerprint density at radius 2 is 2.03 bits per heavy atom. The van der Waals surface area contributed by atoms with Crippen LogP contribution in [0.2, 0.25) is 0 Å². The van der Waals surface area contributed by atoms with Crippen LogP contribution in [0, 0.1) is 18.3 Å². The van der Waals surface area contributed by atoms with Crippen molar-refractivity contribution >= 4 is 40.4 Å². The van der Waals surface area contributed by atoms with Crippen LogP contribution in [0.15, 0.2) is 27.1 Å². The average Bonchev–Trinajstić information content (AvgIpc) is 3.04. The predicted octanol–water partition coefficient (Wildman–Crippen LogP) is 5.25. The smallest absolute Gasteiger partial charge is 0.257 e. The number of thiophene rings is 1. The molecule has 2 aromatic rings. The molecule has 0 amide bonds. The zero-order valence-corrected chi connectivity index (χ0v) is 19.2. The summed E-state index contributed by atoms with van der Waals surface area (Å²) in [6.45, 7) is 10.5. The van der Waals surface area contributed by atoms with Gasteiger partial charge in [-0.15, -0.1) is 11.3 Å². The highest BCUT2D eigenvalue weighted by Gasteiger charge is 2.47. The van der Waals surface area contributed by atoms with E-state index in [4.69, 9.17) is 9.98 Å². The van der Waals surface area contributed by atoms with Gasteiger partial charge in [0, 0.05) is 33.1 Å². The number of aliphatic imine (C=N–C) groups is 1. The van der Waals surface area contributed by atoms with Crippen LogP contribution in [0.3, 0.4) is 0 Å². The average molecular weight is 430 g/mol. The lowest BCUT2D eigenvalue weighted by Gasteiger charge is -2.39. The van der Waals surface area contributed by atoms with Crippen molar-refractivity contribution in [2.45, 2.75) is 70.2 Å². The Balaban J connectivity index is 1.90. The number of fused-ring (bicyclic) bond motifs is 2. The molecule has 154 valence electrons. The van der Waals surface area contributed by atoms with Gasteiger partial charge in [-0.3, -0.25) is 9.59 Å². The fourth-order valence-corrected chi connectivity index (χ4v) is 6.16. The number of H-pyrrole nitrogens is 1. The number of rotatable bonds is 4. The Morgan fingerprint density at radius 1 is 1.28 bits per heavy atom. The van der Waals surface area contributed by atoms with E-state index in [0.717, 1.165) is 23.4 Å². The van der Waals surface area contributed by atoms with Gasteiger partial charge < -0.3 is 4.98 Å². The van der Waals surface area contributed by atoms with Crippen LogP contribution in [0.25, 0.3) is 0 Å². The number of hydrogen-bond donors (Lipinski definition) is 1. The zero-order valence-electron chi connectivity index (χ0n) is 17.5. The summed E-state index contributed by atoms with van der Waals surface area (Å²) in [5.41, 5.74) is 1.14. The monoisotopic (exact) mass is 429 g/mol. The van der Waals surface area contributed by atoms with E-state index in [0.29, 0.717) is 28.2 Å². The van der Waals surface area contributed by atoms with E-state index in [-0.39, 0.29) is 28.6 Å². The van der Waals surface area contributed by atoms with E-state index >= 15 is 0 Å². The molecule has 3 unspecified atom stereocenters. The van der Waals surface area contributed by atoms with Crippen LogP contribution in [-0.4, -0.2) is 26.7 Å². The highest BCUT2D eigenvalue weighted by atomic mass is 32.2. The summed E-state index contributed by atoms with van der Waals surface area (Å²) in [5, 5.41) is 0.958. The molecular formula is C22H27N3O2S2. The van der Waals surface area contributed by atoms with E-state index in [1.54, 1.807) is 23.1 Å². The molecule has 1 N–H and O–H groups in total. The number of nitrogens with one attached hydrogen (secondary N) is 1. The summed E-state index contributed by atoms with van der Waals surface area (Å²) < 4.78 is 0. The fourth-order valence-electron chi connectivity index (χ4n) is 4.29. The van der Waals surface area contributed by atoms with Gasteiger partial charge in [0.2, 0.25) is 0 Å². The van der Waals surface area contributed by atoms with E-state index in [2.05, 4.69) is 38.7 Å². The number of Topliss-reactive ketones (excluding diaryl/α,β-unsaturated/α-hetero) is 1. The lowest BCUT2D eigenvalue weighted by atomic mass is 9.65. The molecular weight excluding hydrogens is 402 g/mol. The molecule has 3 heterocycles. The van der Waals surface area contributed by atoms with Crippen LogP contribution >= 0.6 is 23.1 Å². The van der Waals surface area contributed by atoms with Gasteiger partial charge in [0.25, 0.3) is 5.56 Å². The minimum atomic E-state index is -0.357. The molecule has 1 aliphatic heterocycles. The maximum absolute atomic E-state index is 13.2. The molecule has 1 aliphatic carbocycles. The number of aromatic amines is 1. The number of nitrogens with zero attached hydrogens (tertiary/aromatic N) is 2. The minimum Gasteiger partial charge on any atom is -0.301 e. The number of aromatic nitrogens is 2. The molecule has 0 bridgehead atoms. The standard InChI is InChI=1S/C22H27N3O2S2/c1-6-11(2)29-21-24-19-18(20(27)25-21)17(15-8-7-12(3)28-15)16-13(23-19)9-22(4,5)10-14(16)26/h7-8,11,16-17H,6,9-10H2,1-5H3,(H,24,25,27). The van der Waals surface area contributed by atoms with Crippen molar-refractivity contribution in [1.29, 1.82) is 0 Å². The number of ketones is 1. The molecule has 29 heavy (non-hydrogen) atoms. The number of aryl methyl sites for hydroxylation is 1. The molecule has 3 atom stereocenters. The van der Waals surface area contributed by atoms with Crippen LogP contribution in [0.5, 0.6) is 0 Å². The Labute approximate surface area is 179 Å². The summed E-state index contributed by atoms with van der Waals surface area (Å²) in [6.07, 6.45) is 2.26. The van der Waals surface area contributed by atoms with Gasteiger partial charge in [0.15, 0.2) is 11.0 Å². The minimum absolute atomic E-state index is 0.116. The second kappa shape index (κ2) is 7.51. The quantitative estimate of drug-likeness (QED) is 0.532. The van der Waals surface area contributed by atoms with Crippen LogP contribution < -0.4 is 5.56 Å². The van der Waals surface area contributed by atoms with Gasteiger partial charge >= 0.3 is 0 Å². The van der Waals surface area contributed by atoms with Gasteiger partial charge in [0.1, 0.15) is 5.78 Å². The van der Waals surface area contributed by atoms with Gasteiger partial charge in [0.05, 0.1) is 11.5 Å². The third kappa shape index (κ3) is 3.87. The second-order valence-electron chi connectivity index (χ2n) is 8.94. The van der Waals surface area contributed by atoms with Gasteiger partial charge in [-0.25, -0.2) is 9.98 Å². The second-order valence-corrected chi connectivity index (χ2v) is 11.7. The Kier molecular flexibility index (Phi) is 5.32. The molecule has 0 spiro atoms. The Morgan fingerprint density at radius 3 is 2.69 bits per heavy atom. The topological polar surface area (TPSA) is 75.2 Å². The summed E-state index contributed by atoms with van der Waals surface area (Å²) in [4.78, 5) is 41.1. The third-order valence-electron chi connectivity index (χ3n) is 5.78. The first-order chi connectivity index (χ1) is 13.7. The molecule has 4 rings (SSSR count). The molecule has 1 fully saturated rings. The van der Waals surface area contributed by atoms with Crippen molar-refractivity contribution in [3.05, 3.63) is 37.8 Å². The molecule has 2 aromatic heterocycles. The van der Waals surface area contributed by atoms with Crippen molar-refractivity contribution in [3.63, 3.8) is 0 Å². The zero-order chi connectivity index (χ0) is 20.9. The van der Waals surface area contributed by atoms with Crippen molar-refractivity contribution in [3.8, 4) is 0 Å². The van der Waals surface area contributed by atoms with Gasteiger partial charge in [-0.2, -0.15) is 0 Å². The highest BCUT2D eigenvalue weighted by Crippen LogP contribution is 2.48. The molecule has 0 saturated heterocycles. The van der Waals surface area contributed by atoms with Crippen LogP contribution in [0.4, 0.5) is 5.82 Å². The molecule has 2 aliphatic rings. The van der Waals surface area contributed by atoms with E-state index < -0.39 is 0 Å². The number of hydrogen-bond acceptors (Lipinski definition) is 6. The van der Waals surface area contributed by atoms with Gasteiger partial charge in [-0.05, 0) is 37.3 Å². The summed E-state index contributed by atoms with van der Waals surface area (Å²) in [5.74, 6) is 0.0229.